The third-order valence-corrected chi connectivity index (χ3v) is 2.07. The fraction of sp³-hybridized carbons (Fsp3) is 0. The predicted molar refractivity (Wildman–Crippen MR) is 58.5 cm³/mol. The van der Waals surface area contributed by atoms with Crippen LogP contribution < -0.4 is 0 Å². The lowest BCUT2D eigenvalue weighted by molar-refractivity contribution is 0.474. The van der Waals surface area contributed by atoms with Crippen LogP contribution in [-0.4, -0.2) is 26.2 Å². The van der Waals surface area contributed by atoms with Gasteiger partial charge in [0.25, 0.3) is 0 Å². The first-order chi connectivity index (χ1) is 7.27. The minimum Gasteiger partial charge on any atom is -0.507 e. The highest BCUT2D eigenvalue weighted by molar-refractivity contribution is 7.71. The Labute approximate surface area is 90.7 Å². The number of aromatic amines is 1. The topological polar surface area (TPSA) is 66.2 Å². The van der Waals surface area contributed by atoms with Crippen molar-refractivity contribution in [3.8, 4) is 5.75 Å². The summed E-state index contributed by atoms with van der Waals surface area (Å²) in [5.41, 5.74) is 0.626. The Morgan fingerprint density at radius 2 is 2.27 bits per heavy atom. The van der Waals surface area contributed by atoms with E-state index in [0.717, 1.165) is 0 Å². The van der Waals surface area contributed by atoms with Crippen LogP contribution in [0.1, 0.15) is 5.56 Å². The second-order valence-electron chi connectivity index (χ2n) is 2.81. The molecule has 2 aromatic rings. The highest BCUT2D eigenvalue weighted by Crippen LogP contribution is 2.12. The van der Waals surface area contributed by atoms with Crippen molar-refractivity contribution in [2.75, 3.05) is 0 Å². The van der Waals surface area contributed by atoms with Gasteiger partial charge in [-0.3, -0.25) is 5.10 Å². The van der Waals surface area contributed by atoms with Gasteiger partial charge in [-0.1, -0.05) is 12.1 Å². The van der Waals surface area contributed by atoms with Gasteiger partial charge in [-0.2, -0.15) is 14.9 Å². The van der Waals surface area contributed by atoms with Gasteiger partial charge in [0.05, 0.1) is 6.21 Å². The third-order valence-electron chi connectivity index (χ3n) is 1.79. The average Bonchev–Trinajstić information content (AvgIpc) is 2.63. The minimum absolute atomic E-state index is 0.177. The van der Waals surface area contributed by atoms with E-state index >= 15 is 0 Å². The molecule has 1 aromatic heterocycles. The molecule has 0 fully saturated rings. The molecule has 0 radical (unpaired) electrons. The molecule has 1 aromatic carbocycles. The molecule has 1 heterocycles. The summed E-state index contributed by atoms with van der Waals surface area (Å²) in [6, 6.07) is 6.91. The van der Waals surface area contributed by atoms with Gasteiger partial charge in [-0.15, -0.1) is 0 Å². The van der Waals surface area contributed by atoms with Gasteiger partial charge in [0, 0.05) is 5.56 Å². The fourth-order valence-electron chi connectivity index (χ4n) is 1.05. The maximum atomic E-state index is 9.46. The molecule has 0 amide bonds. The maximum absolute atomic E-state index is 9.46. The van der Waals surface area contributed by atoms with Crippen LogP contribution in [0.4, 0.5) is 0 Å². The van der Waals surface area contributed by atoms with Crippen molar-refractivity contribution in [1.29, 1.82) is 0 Å². The lowest BCUT2D eigenvalue weighted by Crippen LogP contribution is -1.89. The molecule has 76 valence electrons. The molecular formula is C9H8N4OS. The third kappa shape index (κ3) is 2.10. The van der Waals surface area contributed by atoms with Gasteiger partial charge < -0.3 is 5.11 Å². The summed E-state index contributed by atoms with van der Waals surface area (Å²) in [5.74, 6) is 0.177. The number of H-pyrrole nitrogens is 1. The molecule has 15 heavy (non-hydrogen) atoms. The van der Waals surface area contributed by atoms with Crippen molar-refractivity contribution in [3.63, 3.8) is 0 Å². The Kier molecular flexibility index (Phi) is 2.59. The number of nitrogens with zero attached hydrogens (tertiary/aromatic N) is 3. The summed E-state index contributed by atoms with van der Waals surface area (Å²) in [6.45, 7) is 0. The number of rotatable bonds is 2. The van der Waals surface area contributed by atoms with E-state index in [4.69, 9.17) is 12.2 Å². The van der Waals surface area contributed by atoms with E-state index in [1.807, 2.05) is 6.07 Å². The highest BCUT2D eigenvalue weighted by atomic mass is 32.1. The number of benzene rings is 1. The number of para-hydroxylation sites is 1. The molecular weight excluding hydrogens is 212 g/mol. The molecule has 0 aliphatic rings. The summed E-state index contributed by atoms with van der Waals surface area (Å²) < 4.78 is 1.81. The highest BCUT2D eigenvalue weighted by Gasteiger charge is 1.95. The number of nitrogens with one attached hydrogen (secondary N) is 1. The molecule has 5 nitrogen and oxygen atoms in total. The summed E-state index contributed by atoms with van der Waals surface area (Å²) in [6.07, 6.45) is 2.97. The van der Waals surface area contributed by atoms with Crippen molar-refractivity contribution in [2.24, 2.45) is 5.10 Å². The van der Waals surface area contributed by atoms with Crippen LogP contribution in [0.25, 0.3) is 0 Å². The standard InChI is InChI=1S/C9H8N4OS/c14-8-4-2-1-3-7(8)5-11-13-6-10-12-9(13)15/h1-6,14H,(H,12,15). The summed E-state index contributed by atoms with van der Waals surface area (Å²) in [5, 5.41) is 19.8. The van der Waals surface area contributed by atoms with E-state index in [9.17, 15) is 5.11 Å². The first kappa shape index (κ1) is 9.60. The Morgan fingerprint density at radius 1 is 1.47 bits per heavy atom. The summed E-state index contributed by atoms with van der Waals surface area (Å²) in [4.78, 5) is 0. The zero-order chi connectivity index (χ0) is 10.7. The van der Waals surface area contributed by atoms with Crippen LogP contribution in [0, 0.1) is 4.77 Å². The Bertz CT molecular complexity index is 543. The molecule has 0 aliphatic carbocycles. The van der Waals surface area contributed by atoms with Crippen LogP contribution in [0.5, 0.6) is 5.75 Å². The fourth-order valence-corrected chi connectivity index (χ4v) is 1.19. The molecule has 0 aliphatic heterocycles. The number of phenols is 1. The van der Waals surface area contributed by atoms with Gasteiger partial charge in [0.2, 0.25) is 4.77 Å². The summed E-state index contributed by atoms with van der Waals surface area (Å²) in [7, 11) is 0. The van der Waals surface area contributed by atoms with Crippen molar-refractivity contribution in [2.45, 2.75) is 0 Å². The molecule has 0 bridgehead atoms. The number of aromatic nitrogens is 3. The quantitative estimate of drug-likeness (QED) is 0.595. The Morgan fingerprint density at radius 3 is 2.93 bits per heavy atom. The van der Waals surface area contributed by atoms with Crippen LogP contribution in [0.15, 0.2) is 35.7 Å². The molecule has 6 heteroatoms. The number of phenolic OH excluding ortho intramolecular Hbond substituents is 1. The van der Waals surface area contributed by atoms with Crippen LogP contribution in [0.3, 0.4) is 0 Å². The van der Waals surface area contributed by atoms with E-state index in [0.29, 0.717) is 10.3 Å². The molecule has 0 saturated heterocycles. The van der Waals surface area contributed by atoms with E-state index < -0.39 is 0 Å². The summed E-state index contributed by atoms with van der Waals surface area (Å²) >= 11 is 4.90. The monoisotopic (exact) mass is 220 g/mol. The van der Waals surface area contributed by atoms with Crippen molar-refractivity contribution >= 4 is 18.4 Å². The molecule has 2 rings (SSSR count). The predicted octanol–water partition coefficient (Wildman–Crippen LogP) is 1.53. The van der Waals surface area contributed by atoms with Gasteiger partial charge in [-0.05, 0) is 24.4 Å². The largest absolute Gasteiger partial charge is 0.507 e. The van der Waals surface area contributed by atoms with Crippen LogP contribution >= 0.6 is 12.2 Å². The normalized spacial score (nSPS) is 10.9. The van der Waals surface area contributed by atoms with Gasteiger partial charge in [0.1, 0.15) is 12.1 Å². The molecule has 0 unspecified atom stereocenters. The van der Waals surface area contributed by atoms with E-state index in [1.165, 1.54) is 17.2 Å². The van der Waals surface area contributed by atoms with E-state index in [2.05, 4.69) is 15.3 Å². The molecule has 2 N–H and O–H groups in total. The first-order valence-corrected chi connectivity index (χ1v) is 4.62. The molecule has 0 atom stereocenters. The number of hydrogen-bond donors (Lipinski definition) is 2. The first-order valence-electron chi connectivity index (χ1n) is 4.22. The zero-order valence-corrected chi connectivity index (χ0v) is 8.48. The average molecular weight is 220 g/mol. The Hall–Kier alpha value is -1.95. The van der Waals surface area contributed by atoms with Crippen molar-refractivity contribution in [3.05, 3.63) is 40.9 Å². The van der Waals surface area contributed by atoms with Crippen molar-refractivity contribution < 1.29 is 5.11 Å². The molecule has 0 spiro atoms. The lowest BCUT2D eigenvalue weighted by atomic mass is 10.2. The van der Waals surface area contributed by atoms with E-state index in [-0.39, 0.29) is 5.75 Å². The van der Waals surface area contributed by atoms with Gasteiger partial charge in [-0.25, -0.2) is 0 Å². The van der Waals surface area contributed by atoms with Crippen LogP contribution in [0.2, 0.25) is 0 Å². The van der Waals surface area contributed by atoms with Crippen LogP contribution in [-0.2, 0) is 0 Å². The molecule has 0 saturated carbocycles. The maximum Gasteiger partial charge on any atom is 0.216 e. The second kappa shape index (κ2) is 4.05. The number of aromatic hydroxyl groups is 1. The Balaban J connectivity index is 2.30. The van der Waals surface area contributed by atoms with Gasteiger partial charge in [0.15, 0.2) is 0 Å². The lowest BCUT2D eigenvalue weighted by Gasteiger charge is -1.96. The number of hydrogen-bond acceptors (Lipinski definition) is 4. The minimum atomic E-state index is 0.177. The zero-order valence-electron chi connectivity index (χ0n) is 7.66. The smallest absolute Gasteiger partial charge is 0.216 e. The second-order valence-corrected chi connectivity index (χ2v) is 3.20. The SMILES string of the molecule is Oc1ccccc1C=Nn1cn[nH]c1=S. The van der Waals surface area contributed by atoms with Crippen molar-refractivity contribution in [1.82, 2.24) is 14.9 Å². The van der Waals surface area contributed by atoms with Gasteiger partial charge >= 0.3 is 0 Å². The van der Waals surface area contributed by atoms with E-state index in [1.54, 1.807) is 18.2 Å².